The Hall–Kier alpha value is 0. The Balaban J connectivity index is 2.15. The smallest absolute Gasteiger partial charge is 0.0329 e. The van der Waals surface area contributed by atoms with Gasteiger partial charge in [0, 0.05) is 0 Å². The Morgan fingerprint density at radius 1 is 0.769 bits per heavy atom. The number of hydrogen-bond donors (Lipinski definition) is 0. The molecule has 2 rings (SSSR count). The first-order valence-electron chi connectivity index (χ1n) is 6.11. The van der Waals surface area contributed by atoms with Gasteiger partial charge in [-0.1, -0.05) is 27.7 Å². The van der Waals surface area contributed by atoms with Crippen LogP contribution in [0.5, 0.6) is 0 Å². The van der Waals surface area contributed by atoms with Crippen molar-refractivity contribution in [2.24, 2.45) is 35.5 Å². The van der Waals surface area contributed by atoms with E-state index in [4.69, 9.17) is 0 Å². The summed E-state index contributed by atoms with van der Waals surface area (Å²) in [6, 6.07) is 0. The highest BCUT2D eigenvalue weighted by Gasteiger charge is 2.49. The predicted octanol–water partition coefficient (Wildman–Crippen LogP) is 3.96. The van der Waals surface area contributed by atoms with Gasteiger partial charge in [0.25, 0.3) is 0 Å². The quantitative estimate of drug-likeness (QED) is 0.603. The molecule has 0 heteroatoms. The molecule has 0 amide bonds. The Morgan fingerprint density at radius 2 is 1.15 bits per heavy atom. The van der Waals surface area contributed by atoms with Crippen molar-refractivity contribution in [3.05, 3.63) is 0 Å². The molecule has 0 nitrogen and oxygen atoms in total. The van der Waals surface area contributed by atoms with E-state index in [1.54, 1.807) is 6.42 Å². The lowest BCUT2D eigenvalue weighted by atomic mass is 9.69. The van der Waals surface area contributed by atoms with Crippen LogP contribution >= 0.6 is 0 Å². The molecule has 2 aliphatic rings. The third-order valence-electron chi connectivity index (χ3n) is 4.59. The lowest BCUT2D eigenvalue weighted by Crippen LogP contribution is -2.30. The highest BCUT2D eigenvalue weighted by atomic mass is 14.5. The van der Waals surface area contributed by atoms with Gasteiger partial charge in [-0.05, 0) is 54.8 Å². The van der Waals surface area contributed by atoms with Crippen LogP contribution in [0.2, 0.25) is 0 Å². The monoisotopic (exact) mass is 180 g/mol. The summed E-state index contributed by atoms with van der Waals surface area (Å²) >= 11 is 0. The van der Waals surface area contributed by atoms with Crippen molar-refractivity contribution < 1.29 is 0 Å². The molecule has 0 saturated heterocycles. The van der Waals surface area contributed by atoms with E-state index in [9.17, 15) is 0 Å². The minimum atomic E-state index is 0.919. The van der Waals surface area contributed by atoms with Gasteiger partial charge in [0.15, 0.2) is 0 Å². The van der Waals surface area contributed by atoms with Gasteiger partial charge in [0.2, 0.25) is 0 Å². The SMILES string of the molecule is CC(C)[C@@H]1[C@H]2CC[C@H](C2)[C@@H]1C(C)C. The molecule has 76 valence electrons. The second kappa shape index (κ2) is 3.29. The van der Waals surface area contributed by atoms with E-state index < -0.39 is 0 Å². The van der Waals surface area contributed by atoms with Gasteiger partial charge in [0.05, 0.1) is 0 Å². The lowest BCUT2D eigenvalue weighted by Gasteiger charge is -2.36. The van der Waals surface area contributed by atoms with Crippen LogP contribution in [0.1, 0.15) is 47.0 Å². The second-order valence-electron chi connectivity index (χ2n) is 5.98. The molecule has 2 saturated carbocycles. The van der Waals surface area contributed by atoms with Crippen LogP contribution in [0.15, 0.2) is 0 Å². The van der Waals surface area contributed by atoms with Gasteiger partial charge < -0.3 is 0 Å². The summed E-state index contributed by atoms with van der Waals surface area (Å²) in [5, 5.41) is 0. The molecule has 0 aromatic rings. The summed E-state index contributed by atoms with van der Waals surface area (Å²) in [5.41, 5.74) is 0. The fraction of sp³-hybridized carbons (Fsp3) is 1.00. The molecule has 2 aliphatic carbocycles. The molecule has 13 heavy (non-hydrogen) atoms. The molecule has 0 spiro atoms. The largest absolute Gasteiger partial charge is 0.0625 e. The average Bonchev–Trinajstić information content (AvgIpc) is 2.60. The third kappa shape index (κ3) is 1.43. The summed E-state index contributed by atoms with van der Waals surface area (Å²) in [7, 11) is 0. The Kier molecular flexibility index (Phi) is 2.42. The zero-order valence-corrected chi connectivity index (χ0v) is 9.59. The van der Waals surface area contributed by atoms with Crippen LogP contribution in [0.3, 0.4) is 0 Å². The van der Waals surface area contributed by atoms with Crippen molar-refractivity contribution in [1.82, 2.24) is 0 Å². The topological polar surface area (TPSA) is 0 Å². The Morgan fingerprint density at radius 3 is 1.46 bits per heavy atom. The second-order valence-corrected chi connectivity index (χ2v) is 5.98. The van der Waals surface area contributed by atoms with E-state index >= 15 is 0 Å². The molecule has 0 aromatic carbocycles. The number of rotatable bonds is 2. The molecular weight excluding hydrogens is 156 g/mol. The van der Waals surface area contributed by atoms with Gasteiger partial charge in [-0.25, -0.2) is 0 Å². The van der Waals surface area contributed by atoms with Crippen LogP contribution in [-0.2, 0) is 0 Å². The van der Waals surface area contributed by atoms with E-state index in [1.807, 2.05) is 0 Å². The number of hydrogen-bond acceptors (Lipinski definition) is 0. The van der Waals surface area contributed by atoms with Crippen molar-refractivity contribution in [3.63, 3.8) is 0 Å². The van der Waals surface area contributed by atoms with Crippen LogP contribution in [0, 0.1) is 35.5 Å². The van der Waals surface area contributed by atoms with E-state index in [0.717, 1.165) is 35.5 Å². The van der Waals surface area contributed by atoms with Gasteiger partial charge in [-0.2, -0.15) is 0 Å². The highest BCUT2D eigenvalue weighted by Crippen LogP contribution is 2.56. The van der Waals surface area contributed by atoms with Crippen LogP contribution in [0.4, 0.5) is 0 Å². The summed E-state index contributed by atoms with van der Waals surface area (Å²) < 4.78 is 0. The molecular formula is C13H24. The molecule has 0 unspecified atom stereocenters. The van der Waals surface area contributed by atoms with Crippen molar-refractivity contribution in [3.8, 4) is 0 Å². The highest BCUT2D eigenvalue weighted by molar-refractivity contribution is 4.98. The Labute approximate surface area is 83.1 Å². The fourth-order valence-corrected chi connectivity index (χ4v) is 4.36. The van der Waals surface area contributed by atoms with Gasteiger partial charge in [0.1, 0.15) is 0 Å². The third-order valence-corrected chi connectivity index (χ3v) is 4.59. The summed E-state index contributed by atoms with van der Waals surface area (Å²) in [5.74, 6) is 6.14. The lowest BCUT2D eigenvalue weighted by molar-refractivity contribution is 0.124. The van der Waals surface area contributed by atoms with Gasteiger partial charge in [-0.3, -0.25) is 0 Å². The van der Waals surface area contributed by atoms with E-state index in [0.29, 0.717) is 0 Å². The average molecular weight is 180 g/mol. The van der Waals surface area contributed by atoms with E-state index in [1.165, 1.54) is 12.8 Å². The van der Waals surface area contributed by atoms with Gasteiger partial charge >= 0.3 is 0 Å². The van der Waals surface area contributed by atoms with Gasteiger partial charge in [-0.15, -0.1) is 0 Å². The number of fused-ring (bicyclic) bond motifs is 2. The van der Waals surface area contributed by atoms with E-state index in [2.05, 4.69) is 27.7 Å². The maximum absolute atomic E-state index is 2.43. The van der Waals surface area contributed by atoms with Crippen LogP contribution in [0.25, 0.3) is 0 Å². The first-order chi connectivity index (χ1) is 6.11. The van der Waals surface area contributed by atoms with Crippen molar-refractivity contribution in [2.45, 2.75) is 47.0 Å². The molecule has 2 bridgehead atoms. The molecule has 2 fully saturated rings. The zero-order valence-electron chi connectivity index (χ0n) is 9.59. The molecule has 4 atom stereocenters. The zero-order chi connectivity index (χ0) is 9.59. The normalized spacial score (nSPS) is 43.8. The maximum atomic E-state index is 2.43. The summed E-state index contributed by atoms with van der Waals surface area (Å²) in [4.78, 5) is 0. The minimum absolute atomic E-state index is 0.919. The Bertz CT molecular complexity index is 160. The minimum Gasteiger partial charge on any atom is -0.0625 e. The van der Waals surface area contributed by atoms with E-state index in [-0.39, 0.29) is 0 Å². The summed E-state index contributed by atoms with van der Waals surface area (Å²) in [6.07, 6.45) is 4.64. The summed E-state index contributed by atoms with van der Waals surface area (Å²) in [6.45, 7) is 9.73. The van der Waals surface area contributed by atoms with Crippen LogP contribution in [-0.4, -0.2) is 0 Å². The molecule has 0 aromatic heterocycles. The van der Waals surface area contributed by atoms with Crippen molar-refractivity contribution in [2.75, 3.05) is 0 Å². The van der Waals surface area contributed by atoms with Crippen molar-refractivity contribution in [1.29, 1.82) is 0 Å². The molecule has 0 heterocycles. The fourth-order valence-electron chi connectivity index (χ4n) is 4.36. The van der Waals surface area contributed by atoms with Crippen molar-refractivity contribution >= 4 is 0 Å². The predicted molar refractivity (Wildman–Crippen MR) is 57.5 cm³/mol. The maximum Gasteiger partial charge on any atom is -0.0329 e. The first-order valence-corrected chi connectivity index (χ1v) is 6.11. The molecule has 0 aliphatic heterocycles. The molecule has 0 radical (unpaired) electrons. The standard InChI is InChI=1S/C13H24/c1-8(2)12-10-5-6-11(7-10)13(12)9(3)4/h8-13H,5-7H2,1-4H3/t10-,11+,12+,13-. The molecule has 0 N–H and O–H groups in total. The van der Waals surface area contributed by atoms with Crippen LogP contribution < -0.4 is 0 Å². The first kappa shape index (κ1) is 9.55.